The molecule has 1 heterocycles. The van der Waals surface area contributed by atoms with Crippen LogP contribution in [-0.4, -0.2) is 37.3 Å². The van der Waals surface area contributed by atoms with Gasteiger partial charge in [-0.1, -0.05) is 0 Å². The fourth-order valence-corrected chi connectivity index (χ4v) is 1.84. The molecule has 1 aliphatic heterocycles. The summed E-state index contributed by atoms with van der Waals surface area (Å²) in [4.78, 5) is 17.6. The Morgan fingerprint density at radius 3 is 2.78 bits per heavy atom. The number of rotatable bonds is 3. The Kier molecular flexibility index (Phi) is 4.17. The van der Waals surface area contributed by atoms with Gasteiger partial charge >= 0.3 is 0 Å². The molecule has 0 spiro atoms. The monoisotopic (exact) mass is 266 g/mol. The molecule has 3 N–H and O–H groups in total. The minimum Gasteiger partial charge on any atom is -0.386 e. The average molecular weight is 267 g/mol. The zero-order chi connectivity index (χ0) is 13.0. The molecule has 0 bridgehead atoms. The zero-order valence-electron chi connectivity index (χ0n) is 9.90. The summed E-state index contributed by atoms with van der Waals surface area (Å²) in [5.74, 6) is 0.665. The first-order valence-corrected chi connectivity index (χ1v) is 6.24. The molecule has 6 heteroatoms. The number of carbonyl (C=O) groups excluding carboxylic acids is 1. The number of aliphatic imine (C=N–C) groups is 1. The van der Waals surface area contributed by atoms with E-state index in [0.717, 1.165) is 17.9 Å². The van der Waals surface area contributed by atoms with Crippen LogP contribution in [0.4, 0.5) is 11.4 Å². The van der Waals surface area contributed by atoms with Crippen LogP contribution in [0.5, 0.6) is 0 Å². The number of hydrogen-bond acceptors (Lipinski definition) is 3. The molecule has 1 aromatic rings. The van der Waals surface area contributed by atoms with E-state index >= 15 is 0 Å². The van der Waals surface area contributed by atoms with Crippen LogP contribution in [0.25, 0.3) is 0 Å². The first kappa shape index (κ1) is 12.9. The summed E-state index contributed by atoms with van der Waals surface area (Å²) < 4.78 is 0. The number of anilines is 1. The number of hydrogen-bond donors (Lipinski definition) is 2. The Morgan fingerprint density at radius 1 is 1.44 bits per heavy atom. The summed E-state index contributed by atoms with van der Waals surface area (Å²) in [5, 5.41) is 3.04. The molecule has 1 amide bonds. The molecular formula is C12H15ClN4O. The lowest BCUT2D eigenvalue weighted by atomic mass is 10.2. The molecule has 18 heavy (non-hydrogen) atoms. The van der Waals surface area contributed by atoms with Gasteiger partial charge in [-0.25, -0.2) is 4.99 Å². The Balaban J connectivity index is 2.14. The van der Waals surface area contributed by atoms with Gasteiger partial charge in [-0.05, 0) is 24.3 Å². The summed E-state index contributed by atoms with van der Waals surface area (Å²) in [6.07, 6.45) is 0. The summed E-state index contributed by atoms with van der Waals surface area (Å²) in [7, 11) is 0. The first-order chi connectivity index (χ1) is 8.70. The third-order valence-electron chi connectivity index (χ3n) is 2.66. The summed E-state index contributed by atoms with van der Waals surface area (Å²) in [6.45, 7) is 1.88. The topological polar surface area (TPSA) is 70.7 Å². The quantitative estimate of drug-likeness (QED) is 0.484. The molecule has 1 aromatic carbocycles. The molecule has 2 rings (SSSR count). The number of nitrogens with zero attached hydrogens (tertiary/aromatic N) is 2. The number of amidine groups is 1. The Bertz CT molecular complexity index is 458. The fraction of sp³-hybridized carbons (Fsp3) is 0.333. The van der Waals surface area contributed by atoms with Gasteiger partial charge in [-0.3, -0.25) is 4.79 Å². The van der Waals surface area contributed by atoms with E-state index in [1.807, 2.05) is 24.3 Å². The van der Waals surface area contributed by atoms with E-state index in [1.165, 1.54) is 0 Å². The molecule has 0 saturated carbocycles. The van der Waals surface area contributed by atoms with Crippen LogP contribution in [0.2, 0.25) is 0 Å². The zero-order valence-corrected chi connectivity index (χ0v) is 10.7. The molecule has 5 nitrogen and oxygen atoms in total. The number of amides is 1. The van der Waals surface area contributed by atoms with E-state index in [0.29, 0.717) is 18.9 Å². The van der Waals surface area contributed by atoms with Gasteiger partial charge < -0.3 is 16.0 Å². The van der Waals surface area contributed by atoms with Gasteiger partial charge in [0, 0.05) is 18.8 Å². The van der Waals surface area contributed by atoms with E-state index in [-0.39, 0.29) is 11.8 Å². The predicted molar refractivity (Wildman–Crippen MR) is 73.7 cm³/mol. The van der Waals surface area contributed by atoms with Gasteiger partial charge in [0.25, 0.3) is 0 Å². The summed E-state index contributed by atoms with van der Waals surface area (Å²) >= 11 is 5.56. The van der Waals surface area contributed by atoms with Crippen molar-refractivity contribution >= 4 is 34.7 Å². The van der Waals surface area contributed by atoms with Crippen molar-refractivity contribution in [2.24, 2.45) is 10.7 Å². The van der Waals surface area contributed by atoms with Gasteiger partial charge in [0.05, 0.1) is 18.1 Å². The van der Waals surface area contributed by atoms with Crippen LogP contribution in [0.3, 0.4) is 0 Å². The second kappa shape index (κ2) is 5.84. The van der Waals surface area contributed by atoms with Gasteiger partial charge in [0.1, 0.15) is 5.84 Å². The van der Waals surface area contributed by atoms with Crippen LogP contribution >= 0.6 is 11.6 Å². The molecule has 0 atom stereocenters. The first-order valence-electron chi connectivity index (χ1n) is 5.71. The van der Waals surface area contributed by atoms with Crippen LogP contribution in [-0.2, 0) is 4.79 Å². The number of carbonyl (C=O) groups is 1. The lowest BCUT2D eigenvalue weighted by Gasteiger charge is -2.27. The van der Waals surface area contributed by atoms with Crippen LogP contribution in [0, 0.1) is 0 Å². The number of alkyl halides is 1. The van der Waals surface area contributed by atoms with Crippen LogP contribution in [0.15, 0.2) is 29.3 Å². The lowest BCUT2D eigenvalue weighted by molar-refractivity contribution is -0.118. The lowest BCUT2D eigenvalue weighted by Crippen LogP contribution is -2.48. The predicted octanol–water partition coefficient (Wildman–Crippen LogP) is 0.850. The van der Waals surface area contributed by atoms with Crippen molar-refractivity contribution in [3.8, 4) is 0 Å². The highest BCUT2D eigenvalue weighted by atomic mass is 35.5. The number of benzene rings is 1. The van der Waals surface area contributed by atoms with Crippen LogP contribution < -0.4 is 16.0 Å². The average Bonchev–Trinajstić information content (AvgIpc) is 2.40. The van der Waals surface area contributed by atoms with Crippen molar-refractivity contribution in [3.05, 3.63) is 24.3 Å². The van der Waals surface area contributed by atoms with Crippen molar-refractivity contribution in [2.45, 2.75) is 0 Å². The molecule has 0 aromatic heterocycles. The molecule has 0 unspecified atom stereocenters. The van der Waals surface area contributed by atoms with Crippen molar-refractivity contribution in [2.75, 3.05) is 30.4 Å². The number of piperazine rings is 1. The highest BCUT2D eigenvalue weighted by molar-refractivity contribution is 6.28. The third kappa shape index (κ3) is 3.00. The number of nitrogens with two attached hydrogens (primary N) is 1. The summed E-state index contributed by atoms with van der Waals surface area (Å²) in [6, 6.07) is 7.38. The van der Waals surface area contributed by atoms with Crippen molar-refractivity contribution in [3.63, 3.8) is 0 Å². The highest BCUT2D eigenvalue weighted by Gasteiger charge is 2.18. The second-order valence-electron chi connectivity index (χ2n) is 3.98. The standard InChI is InChI=1S/C12H15ClN4O/c13-7-11(14)16-9-1-3-10(4-2-9)17-6-5-15-8-12(17)18/h1-4,15H,5-8H2,(H2,14,16). The van der Waals surface area contributed by atoms with Crippen molar-refractivity contribution < 1.29 is 4.79 Å². The second-order valence-corrected chi connectivity index (χ2v) is 4.24. The Labute approximate surface area is 111 Å². The minimum atomic E-state index is 0.0813. The van der Waals surface area contributed by atoms with Crippen molar-refractivity contribution in [1.82, 2.24) is 5.32 Å². The maximum Gasteiger partial charge on any atom is 0.240 e. The molecule has 1 aliphatic rings. The Hall–Kier alpha value is -1.59. The summed E-state index contributed by atoms with van der Waals surface area (Å²) in [5.41, 5.74) is 7.17. The van der Waals surface area contributed by atoms with E-state index < -0.39 is 0 Å². The van der Waals surface area contributed by atoms with Gasteiger partial charge in [-0.2, -0.15) is 0 Å². The Morgan fingerprint density at radius 2 is 2.17 bits per heavy atom. The highest BCUT2D eigenvalue weighted by Crippen LogP contribution is 2.20. The third-order valence-corrected chi connectivity index (χ3v) is 2.93. The molecule has 96 valence electrons. The maximum absolute atomic E-state index is 11.7. The fourth-order valence-electron chi connectivity index (χ4n) is 1.78. The molecule has 1 fully saturated rings. The van der Waals surface area contributed by atoms with E-state index in [1.54, 1.807) is 4.90 Å². The van der Waals surface area contributed by atoms with Crippen LogP contribution in [0.1, 0.15) is 0 Å². The number of nitrogens with one attached hydrogen (secondary N) is 1. The minimum absolute atomic E-state index is 0.0813. The molecule has 0 aliphatic carbocycles. The van der Waals surface area contributed by atoms with E-state index in [4.69, 9.17) is 17.3 Å². The number of halogens is 1. The van der Waals surface area contributed by atoms with Gasteiger partial charge in [0.2, 0.25) is 5.91 Å². The SMILES string of the molecule is NC(CCl)=Nc1ccc(N2CCNCC2=O)cc1. The van der Waals surface area contributed by atoms with Gasteiger partial charge in [-0.15, -0.1) is 11.6 Å². The smallest absolute Gasteiger partial charge is 0.240 e. The van der Waals surface area contributed by atoms with Gasteiger partial charge in [0.15, 0.2) is 0 Å². The van der Waals surface area contributed by atoms with E-state index in [9.17, 15) is 4.79 Å². The van der Waals surface area contributed by atoms with E-state index in [2.05, 4.69) is 10.3 Å². The molecule has 1 saturated heterocycles. The molecular weight excluding hydrogens is 252 g/mol. The van der Waals surface area contributed by atoms with Crippen molar-refractivity contribution in [1.29, 1.82) is 0 Å². The maximum atomic E-state index is 11.7. The molecule has 0 radical (unpaired) electrons. The normalized spacial score (nSPS) is 17.1. The largest absolute Gasteiger partial charge is 0.386 e.